The number of hydrogen-bond acceptors (Lipinski definition) is 5. The fraction of sp³-hybridized carbons (Fsp3) is 0.167. The first kappa shape index (κ1) is 20.9. The molecule has 3 aromatic carbocycles. The molecule has 2 aliphatic heterocycles. The third-order valence-corrected chi connectivity index (χ3v) is 6.73. The minimum atomic E-state index is -0.529. The summed E-state index contributed by atoms with van der Waals surface area (Å²) in [5.74, 6) is -0.724. The number of imidazole rings is 1. The normalized spacial score (nSPS) is 18.1. The maximum absolute atomic E-state index is 13.4. The highest BCUT2D eigenvalue weighted by molar-refractivity contribution is 5.97. The van der Waals surface area contributed by atoms with Crippen LogP contribution in [0.3, 0.4) is 0 Å². The summed E-state index contributed by atoms with van der Waals surface area (Å²) in [6.07, 6.45) is 0.483. The Morgan fingerprint density at radius 2 is 1.80 bits per heavy atom. The summed E-state index contributed by atoms with van der Waals surface area (Å²) in [7, 11) is 0. The number of non-ortho nitro benzene ring substituents is 1. The van der Waals surface area contributed by atoms with Gasteiger partial charge in [0.25, 0.3) is 5.69 Å². The van der Waals surface area contributed by atoms with Crippen LogP contribution in [-0.2, 0) is 0 Å². The summed E-state index contributed by atoms with van der Waals surface area (Å²) < 4.78 is 15.8. The largest absolute Gasteiger partial charge is 0.493 e. The Morgan fingerprint density at radius 1 is 1.09 bits per heavy atom. The Labute approximate surface area is 196 Å². The van der Waals surface area contributed by atoms with Crippen molar-refractivity contribution in [2.45, 2.75) is 18.5 Å². The van der Waals surface area contributed by atoms with Crippen molar-refractivity contribution in [2.75, 3.05) is 11.9 Å². The van der Waals surface area contributed by atoms with Gasteiger partial charge in [-0.25, -0.2) is 18.5 Å². The molecule has 1 aromatic heterocycles. The Morgan fingerprint density at radius 3 is 2.51 bits per heavy atom. The number of carbonyl (C=O) groups is 1. The van der Waals surface area contributed by atoms with Crippen molar-refractivity contribution in [3.8, 4) is 11.6 Å². The number of benzene rings is 3. The van der Waals surface area contributed by atoms with Crippen LogP contribution < -0.4 is 11.0 Å². The Hall–Kier alpha value is -4.67. The average molecular weight is 475 g/mol. The van der Waals surface area contributed by atoms with Crippen LogP contribution in [0.1, 0.15) is 24.2 Å². The van der Waals surface area contributed by atoms with Crippen LogP contribution in [0.25, 0.3) is 16.5 Å². The second-order valence-electron chi connectivity index (χ2n) is 8.60. The highest BCUT2D eigenvalue weighted by atomic mass is 19.1. The number of nitro groups is 1. The lowest BCUT2D eigenvalue weighted by Crippen LogP contribution is -2.40. The molecule has 4 aromatic rings. The Kier molecular flexibility index (Phi) is 4.43. The highest BCUT2D eigenvalue weighted by Crippen LogP contribution is 2.49. The molecule has 0 unspecified atom stereocenters. The molecule has 2 atom stereocenters. The fourth-order valence-electron chi connectivity index (χ4n) is 5.24. The average Bonchev–Trinajstić information content (AvgIpc) is 3.51. The number of aromatic hydroxyl groups is 1. The molecule has 1 fully saturated rings. The van der Waals surface area contributed by atoms with E-state index in [0.29, 0.717) is 34.3 Å². The quantitative estimate of drug-likeness (QED) is 0.342. The standard InChI is InChI=1S/C24H18FN5O5/c25-13-5-7-14(8-6-13)26-23(32)27-12-15-11-20(27)21-22(31)29(24(33)28(15)21)18-9-10-19(30(34)35)17-4-2-1-3-16(17)18/h1-10,15,20,31H,11-12H2,(H,26,32)/t15-,20-/m0/s1. The van der Waals surface area contributed by atoms with Crippen molar-refractivity contribution in [1.82, 2.24) is 14.0 Å². The summed E-state index contributed by atoms with van der Waals surface area (Å²) in [5, 5.41) is 26.2. The van der Waals surface area contributed by atoms with Crippen molar-refractivity contribution in [3.63, 3.8) is 0 Å². The number of nitrogens with zero attached hydrogens (tertiary/aromatic N) is 4. The van der Waals surface area contributed by atoms with E-state index in [9.17, 15) is 29.2 Å². The molecular weight excluding hydrogens is 457 g/mol. The van der Waals surface area contributed by atoms with E-state index in [-0.39, 0.29) is 24.2 Å². The molecule has 10 nitrogen and oxygen atoms in total. The van der Waals surface area contributed by atoms with Crippen molar-refractivity contribution < 1.29 is 19.2 Å². The number of hydrogen-bond donors (Lipinski definition) is 2. The van der Waals surface area contributed by atoms with Crippen LogP contribution in [0, 0.1) is 15.9 Å². The Bertz CT molecular complexity index is 1590. The van der Waals surface area contributed by atoms with Crippen LogP contribution >= 0.6 is 0 Å². The number of aromatic nitrogens is 2. The minimum Gasteiger partial charge on any atom is -0.493 e. The number of urea groups is 1. The fourth-order valence-corrected chi connectivity index (χ4v) is 5.24. The molecular formula is C24H18FN5O5. The van der Waals surface area contributed by atoms with E-state index in [1.807, 2.05) is 0 Å². The zero-order chi connectivity index (χ0) is 24.4. The summed E-state index contributed by atoms with van der Waals surface area (Å²) >= 11 is 0. The number of likely N-dealkylation sites (tertiary alicyclic amines) is 1. The molecule has 0 radical (unpaired) electrons. The zero-order valence-corrected chi connectivity index (χ0v) is 18.1. The Balaban J connectivity index is 1.41. The predicted molar refractivity (Wildman–Crippen MR) is 124 cm³/mol. The van der Waals surface area contributed by atoms with Crippen LogP contribution in [-0.4, -0.2) is 36.6 Å². The molecule has 2 N–H and O–H groups in total. The third-order valence-electron chi connectivity index (χ3n) is 6.73. The summed E-state index contributed by atoms with van der Waals surface area (Å²) in [4.78, 5) is 38.9. The number of amides is 2. The van der Waals surface area contributed by atoms with Gasteiger partial charge in [0, 0.05) is 23.7 Å². The molecule has 3 heterocycles. The molecule has 6 rings (SSSR count). The number of rotatable bonds is 3. The lowest BCUT2D eigenvalue weighted by molar-refractivity contribution is -0.383. The van der Waals surface area contributed by atoms with E-state index < -0.39 is 28.5 Å². The van der Waals surface area contributed by atoms with Crippen LogP contribution in [0.2, 0.25) is 0 Å². The van der Waals surface area contributed by atoms with E-state index in [1.54, 1.807) is 29.2 Å². The molecule has 2 bridgehead atoms. The van der Waals surface area contributed by atoms with Gasteiger partial charge in [0.15, 0.2) is 0 Å². The van der Waals surface area contributed by atoms with Gasteiger partial charge in [-0.2, -0.15) is 0 Å². The molecule has 0 aliphatic carbocycles. The van der Waals surface area contributed by atoms with Gasteiger partial charge in [-0.05, 0) is 42.8 Å². The molecule has 176 valence electrons. The van der Waals surface area contributed by atoms with Crippen LogP contribution in [0.4, 0.5) is 20.6 Å². The van der Waals surface area contributed by atoms with E-state index in [0.717, 1.165) is 4.57 Å². The summed E-state index contributed by atoms with van der Waals surface area (Å²) in [5.41, 5.74) is 0.492. The molecule has 0 spiro atoms. The molecule has 2 amide bonds. The first-order chi connectivity index (χ1) is 16.8. The number of nitro benzene ring substituents is 1. The zero-order valence-electron chi connectivity index (χ0n) is 18.1. The number of fused-ring (bicyclic) bond motifs is 6. The van der Waals surface area contributed by atoms with Crippen molar-refractivity contribution in [1.29, 1.82) is 0 Å². The lowest BCUT2D eigenvalue weighted by atomic mass is 10.1. The first-order valence-electron chi connectivity index (χ1n) is 10.9. The van der Waals surface area contributed by atoms with Gasteiger partial charge in [0.1, 0.15) is 11.5 Å². The first-order valence-corrected chi connectivity index (χ1v) is 10.9. The van der Waals surface area contributed by atoms with Crippen LogP contribution in [0.5, 0.6) is 5.88 Å². The monoisotopic (exact) mass is 475 g/mol. The second kappa shape index (κ2) is 7.42. The topological polar surface area (TPSA) is 123 Å². The van der Waals surface area contributed by atoms with Gasteiger partial charge in [0.2, 0.25) is 5.88 Å². The van der Waals surface area contributed by atoms with E-state index >= 15 is 0 Å². The minimum absolute atomic E-state index is 0.104. The molecule has 11 heteroatoms. The smallest absolute Gasteiger partial charge is 0.336 e. The van der Waals surface area contributed by atoms with E-state index in [2.05, 4.69) is 5.32 Å². The highest BCUT2D eigenvalue weighted by Gasteiger charge is 2.49. The second-order valence-corrected chi connectivity index (χ2v) is 8.60. The van der Waals surface area contributed by atoms with Crippen molar-refractivity contribution in [3.05, 3.63) is 92.8 Å². The molecule has 35 heavy (non-hydrogen) atoms. The third kappa shape index (κ3) is 3.01. The summed E-state index contributed by atoms with van der Waals surface area (Å²) in [6, 6.07) is 13.5. The van der Waals surface area contributed by atoms with E-state index in [4.69, 9.17) is 0 Å². The number of anilines is 1. The lowest BCUT2D eigenvalue weighted by Gasteiger charge is -2.27. The molecule has 0 saturated carbocycles. The van der Waals surface area contributed by atoms with Crippen LogP contribution in [0.15, 0.2) is 65.5 Å². The maximum Gasteiger partial charge on any atom is 0.336 e. The van der Waals surface area contributed by atoms with Gasteiger partial charge in [-0.3, -0.25) is 14.7 Å². The van der Waals surface area contributed by atoms with Gasteiger partial charge in [-0.15, -0.1) is 0 Å². The molecule has 1 saturated heterocycles. The van der Waals surface area contributed by atoms with Crippen molar-refractivity contribution >= 4 is 28.2 Å². The van der Waals surface area contributed by atoms with Gasteiger partial charge in [0.05, 0.1) is 28.1 Å². The SMILES string of the molecule is O=C(Nc1ccc(F)cc1)N1C[C@@H]2C[C@H]1c1c(O)n(-c3ccc([N+](=O)[O-])c4ccccc34)c(=O)n12. The molecule has 2 aliphatic rings. The van der Waals surface area contributed by atoms with Gasteiger partial charge >= 0.3 is 11.7 Å². The van der Waals surface area contributed by atoms with Crippen molar-refractivity contribution in [2.24, 2.45) is 0 Å². The van der Waals surface area contributed by atoms with Gasteiger partial charge in [-0.1, -0.05) is 18.2 Å². The predicted octanol–water partition coefficient (Wildman–Crippen LogP) is 4.08. The maximum atomic E-state index is 13.4. The van der Waals surface area contributed by atoms with Gasteiger partial charge < -0.3 is 15.3 Å². The summed E-state index contributed by atoms with van der Waals surface area (Å²) in [6.45, 7) is 0.273. The van der Waals surface area contributed by atoms with E-state index in [1.165, 1.54) is 41.0 Å². The number of nitrogens with one attached hydrogen (secondary N) is 1. The number of carbonyl (C=O) groups excluding carboxylic acids is 1. The number of halogens is 1.